The van der Waals surface area contributed by atoms with Gasteiger partial charge in [0, 0.05) is 5.69 Å². The van der Waals surface area contributed by atoms with E-state index in [1.807, 2.05) is 18.2 Å². The fourth-order valence-corrected chi connectivity index (χ4v) is 2.65. The third-order valence-electron chi connectivity index (χ3n) is 3.99. The highest BCUT2D eigenvalue weighted by atomic mass is 16.5. The van der Waals surface area contributed by atoms with E-state index in [0.29, 0.717) is 23.1 Å². The van der Waals surface area contributed by atoms with Gasteiger partial charge in [-0.05, 0) is 47.2 Å². The second kappa shape index (κ2) is 8.34. The van der Waals surface area contributed by atoms with Crippen LogP contribution in [0.15, 0.2) is 42.5 Å². The van der Waals surface area contributed by atoms with E-state index in [-0.39, 0.29) is 12.5 Å². The number of nitrogens with zero attached hydrogens (tertiary/aromatic N) is 1. The Balaban J connectivity index is 2.10. The van der Waals surface area contributed by atoms with E-state index < -0.39 is 0 Å². The van der Waals surface area contributed by atoms with Crippen molar-refractivity contribution < 1.29 is 9.53 Å². The van der Waals surface area contributed by atoms with Crippen LogP contribution in [-0.2, 0) is 4.79 Å². The monoisotopic (exact) mass is 336 g/mol. The molecule has 0 unspecified atom stereocenters. The zero-order valence-corrected chi connectivity index (χ0v) is 15.2. The van der Waals surface area contributed by atoms with E-state index in [1.54, 1.807) is 24.3 Å². The summed E-state index contributed by atoms with van der Waals surface area (Å²) in [5.74, 6) is 0.997. The lowest BCUT2D eigenvalue weighted by atomic mass is 9.92. The van der Waals surface area contributed by atoms with Gasteiger partial charge >= 0.3 is 0 Å². The second-order valence-electron chi connectivity index (χ2n) is 6.59. The molecule has 0 atom stereocenters. The van der Waals surface area contributed by atoms with Crippen molar-refractivity contribution >= 4 is 11.6 Å². The minimum atomic E-state index is -0.195. The summed E-state index contributed by atoms with van der Waals surface area (Å²) in [7, 11) is 0. The number of nitriles is 1. The average Bonchev–Trinajstić information content (AvgIpc) is 2.60. The minimum Gasteiger partial charge on any atom is -0.484 e. The normalized spacial score (nSPS) is 10.6. The quantitative estimate of drug-likeness (QED) is 0.822. The van der Waals surface area contributed by atoms with Gasteiger partial charge in [0.15, 0.2) is 6.61 Å². The molecular weight excluding hydrogens is 312 g/mol. The molecule has 1 amide bonds. The van der Waals surface area contributed by atoms with Gasteiger partial charge in [-0.25, -0.2) is 0 Å². The van der Waals surface area contributed by atoms with Crippen molar-refractivity contribution in [1.82, 2.24) is 0 Å². The average molecular weight is 336 g/mol. The summed E-state index contributed by atoms with van der Waals surface area (Å²) >= 11 is 0. The van der Waals surface area contributed by atoms with Crippen LogP contribution in [-0.4, -0.2) is 12.5 Å². The van der Waals surface area contributed by atoms with Gasteiger partial charge < -0.3 is 10.1 Å². The van der Waals surface area contributed by atoms with Gasteiger partial charge in [-0.1, -0.05) is 45.9 Å². The largest absolute Gasteiger partial charge is 0.484 e. The SMILES string of the molecule is CC(C)c1cccc(C(C)C)c1NC(=O)COc1ccc(C#N)cc1. The Labute approximate surface area is 149 Å². The number of carbonyl (C=O) groups is 1. The molecule has 0 aliphatic heterocycles. The van der Waals surface area contributed by atoms with Gasteiger partial charge in [-0.3, -0.25) is 4.79 Å². The Morgan fingerprint density at radius 1 is 1.04 bits per heavy atom. The molecular formula is C21H24N2O2. The Morgan fingerprint density at radius 3 is 2.08 bits per heavy atom. The Hall–Kier alpha value is -2.80. The Bertz CT molecular complexity index is 745. The van der Waals surface area contributed by atoms with Crippen LogP contribution < -0.4 is 10.1 Å². The van der Waals surface area contributed by atoms with Crippen molar-refractivity contribution in [3.8, 4) is 11.8 Å². The molecule has 130 valence electrons. The van der Waals surface area contributed by atoms with Crippen LogP contribution in [0.2, 0.25) is 0 Å². The molecule has 0 bridgehead atoms. The van der Waals surface area contributed by atoms with E-state index in [1.165, 1.54) is 0 Å². The molecule has 0 radical (unpaired) electrons. The van der Waals surface area contributed by atoms with Gasteiger partial charge in [-0.15, -0.1) is 0 Å². The summed E-state index contributed by atoms with van der Waals surface area (Å²) in [5, 5.41) is 11.8. The Morgan fingerprint density at radius 2 is 1.60 bits per heavy atom. The molecule has 0 aromatic heterocycles. The van der Waals surface area contributed by atoms with E-state index in [9.17, 15) is 4.79 Å². The van der Waals surface area contributed by atoms with E-state index in [4.69, 9.17) is 10.00 Å². The van der Waals surface area contributed by atoms with Crippen molar-refractivity contribution in [1.29, 1.82) is 5.26 Å². The minimum absolute atomic E-state index is 0.0735. The second-order valence-corrected chi connectivity index (χ2v) is 6.59. The molecule has 0 saturated heterocycles. The lowest BCUT2D eigenvalue weighted by molar-refractivity contribution is -0.118. The summed E-state index contributed by atoms with van der Waals surface area (Å²) in [4.78, 5) is 12.4. The lowest BCUT2D eigenvalue weighted by Crippen LogP contribution is -2.22. The van der Waals surface area contributed by atoms with Crippen molar-refractivity contribution in [2.75, 3.05) is 11.9 Å². The molecule has 0 spiro atoms. The number of hydrogen-bond donors (Lipinski definition) is 1. The number of nitrogens with one attached hydrogen (secondary N) is 1. The fourth-order valence-electron chi connectivity index (χ4n) is 2.65. The van der Waals surface area contributed by atoms with Crippen LogP contribution in [0.3, 0.4) is 0 Å². The third-order valence-corrected chi connectivity index (χ3v) is 3.99. The van der Waals surface area contributed by atoms with Crippen molar-refractivity contribution in [2.24, 2.45) is 0 Å². The summed E-state index contributed by atoms with van der Waals surface area (Å²) in [6.07, 6.45) is 0. The van der Waals surface area contributed by atoms with Gasteiger partial charge in [0.1, 0.15) is 5.75 Å². The number of carbonyl (C=O) groups excluding carboxylic acids is 1. The predicted octanol–water partition coefficient (Wildman–Crippen LogP) is 4.82. The smallest absolute Gasteiger partial charge is 0.262 e. The van der Waals surface area contributed by atoms with Crippen molar-refractivity contribution in [3.05, 3.63) is 59.2 Å². The van der Waals surface area contributed by atoms with E-state index >= 15 is 0 Å². The van der Waals surface area contributed by atoms with Gasteiger partial charge in [0.05, 0.1) is 11.6 Å². The number of anilines is 1. The van der Waals surface area contributed by atoms with E-state index in [2.05, 4.69) is 39.1 Å². The standard InChI is InChI=1S/C21H24N2O2/c1-14(2)18-6-5-7-19(15(3)4)21(18)23-20(24)13-25-17-10-8-16(12-22)9-11-17/h5-11,14-15H,13H2,1-4H3,(H,23,24). The van der Waals surface area contributed by atoms with Crippen LogP contribution >= 0.6 is 0 Å². The van der Waals surface area contributed by atoms with Crippen LogP contribution in [0, 0.1) is 11.3 Å². The summed E-state index contributed by atoms with van der Waals surface area (Å²) in [6.45, 7) is 8.38. The molecule has 0 saturated carbocycles. The van der Waals surface area contributed by atoms with Gasteiger partial charge in [0.25, 0.3) is 5.91 Å². The summed E-state index contributed by atoms with van der Waals surface area (Å²) in [5.41, 5.74) is 3.70. The van der Waals surface area contributed by atoms with Crippen LogP contribution in [0.4, 0.5) is 5.69 Å². The molecule has 2 aromatic carbocycles. The molecule has 1 N–H and O–H groups in total. The highest BCUT2D eigenvalue weighted by Gasteiger charge is 2.16. The highest BCUT2D eigenvalue weighted by Crippen LogP contribution is 2.32. The zero-order valence-electron chi connectivity index (χ0n) is 15.2. The summed E-state index contributed by atoms with van der Waals surface area (Å²) < 4.78 is 5.52. The van der Waals surface area contributed by atoms with Crippen LogP contribution in [0.25, 0.3) is 0 Å². The first-order chi connectivity index (χ1) is 11.9. The molecule has 4 heteroatoms. The number of amides is 1. The molecule has 0 heterocycles. The fraction of sp³-hybridized carbons (Fsp3) is 0.333. The van der Waals surface area contributed by atoms with Crippen molar-refractivity contribution in [3.63, 3.8) is 0 Å². The molecule has 0 aliphatic carbocycles. The summed E-state index contributed by atoms with van der Waals surface area (Å²) in [6, 6.07) is 14.9. The maximum absolute atomic E-state index is 12.4. The first-order valence-electron chi connectivity index (χ1n) is 8.48. The van der Waals surface area contributed by atoms with Crippen LogP contribution in [0.1, 0.15) is 56.2 Å². The van der Waals surface area contributed by atoms with Gasteiger partial charge in [-0.2, -0.15) is 5.26 Å². The molecule has 2 rings (SSSR count). The molecule has 25 heavy (non-hydrogen) atoms. The number of rotatable bonds is 6. The molecule has 0 aliphatic rings. The molecule has 0 fully saturated rings. The predicted molar refractivity (Wildman–Crippen MR) is 99.9 cm³/mol. The van der Waals surface area contributed by atoms with E-state index in [0.717, 1.165) is 16.8 Å². The highest BCUT2D eigenvalue weighted by molar-refractivity contribution is 5.93. The molecule has 2 aromatic rings. The Kier molecular flexibility index (Phi) is 6.19. The maximum Gasteiger partial charge on any atom is 0.262 e. The van der Waals surface area contributed by atoms with Crippen molar-refractivity contribution in [2.45, 2.75) is 39.5 Å². The maximum atomic E-state index is 12.4. The first-order valence-corrected chi connectivity index (χ1v) is 8.48. The number of benzene rings is 2. The number of para-hydroxylation sites is 1. The first kappa shape index (κ1) is 18.5. The third kappa shape index (κ3) is 4.84. The molecule has 4 nitrogen and oxygen atoms in total. The van der Waals surface area contributed by atoms with Crippen LogP contribution in [0.5, 0.6) is 5.75 Å². The lowest BCUT2D eigenvalue weighted by Gasteiger charge is -2.20. The number of ether oxygens (including phenoxy) is 1. The topological polar surface area (TPSA) is 62.1 Å². The number of hydrogen-bond acceptors (Lipinski definition) is 3. The van der Waals surface area contributed by atoms with Gasteiger partial charge in [0.2, 0.25) is 0 Å². The zero-order chi connectivity index (χ0) is 18.4.